The van der Waals surface area contributed by atoms with Crippen LogP contribution < -0.4 is 5.32 Å². The van der Waals surface area contributed by atoms with Gasteiger partial charge in [0.2, 0.25) is 10.0 Å². The SMILES string of the molecule is Cl.O=S(=O)(c1ccc(C(F)(F)F)cc1Cl)N1CCC(NCC2CC2)CC1. The Morgan fingerprint density at radius 2 is 1.77 bits per heavy atom. The van der Waals surface area contributed by atoms with Gasteiger partial charge >= 0.3 is 6.18 Å². The Balaban J connectivity index is 0.00000243. The molecule has 1 saturated carbocycles. The number of hydrogen-bond donors (Lipinski definition) is 1. The van der Waals surface area contributed by atoms with Crippen LogP contribution in [-0.2, 0) is 16.2 Å². The Morgan fingerprint density at radius 1 is 1.15 bits per heavy atom. The van der Waals surface area contributed by atoms with Gasteiger partial charge in [-0.3, -0.25) is 0 Å². The molecule has 10 heteroatoms. The number of piperidine rings is 1. The standard InChI is InChI=1S/C16H20ClF3N2O2S.ClH/c17-14-9-12(16(18,19)20)3-4-15(14)25(23,24)22-7-5-13(6-8-22)21-10-11-1-2-11;/h3-4,9,11,13,21H,1-2,5-8,10H2;1H. The summed E-state index contributed by atoms with van der Waals surface area (Å²) in [5, 5.41) is 3.06. The molecule has 4 nitrogen and oxygen atoms in total. The van der Waals surface area contributed by atoms with E-state index in [1.807, 2.05) is 0 Å². The first-order valence-electron chi connectivity index (χ1n) is 8.28. The molecule has 1 saturated heterocycles. The second-order valence-corrected chi connectivity index (χ2v) is 8.99. The summed E-state index contributed by atoms with van der Waals surface area (Å²) in [5.74, 6) is 0.757. The predicted molar refractivity (Wildman–Crippen MR) is 96.2 cm³/mol. The van der Waals surface area contributed by atoms with E-state index in [9.17, 15) is 21.6 Å². The summed E-state index contributed by atoms with van der Waals surface area (Å²) in [4.78, 5) is -0.272. The highest BCUT2D eigenvalue weighted by atomic mass is 35.5. The van der Waals surface area contributed by atoms with Crippen LogP contribution in [-0.4, -0.2) is 38.4 Å². The predicted octanol–water partition coefficient (Wildman–Crippen LogP) is 3.93. The van der Waals surface area contributed by atoms with Gasteiger partial charge in [-0.2, -0.15) is 17.5 Å². The second-order valence-electron chi connectivity index (χ2n) is 6.67. The van der Waals surface area contributed by atoms with Crippen LogP contribution >= 0.6 is 24.0 Å². The van der Waals surface area contributed by atoms with Crippen molar-refractivity contribution in [3.05, 3.63) is 28.8 Å². The van der Waals surface area contributed by atoms with Gasteiger partial charge in [0.1, 0.15) is 4.90 Å². The van der Waals surface area contributed by atoms with Crippen LogP contribution in [0.3, 0.4) is 0 Å². The third kappa shape index (κ3) is 5.04. The fourth-order valence-corrected chi connectivity index (χ4v) is 4.97. The van der Waals surface area contributed by atoms with Gasteiger partial charge in [-0.25, -0.2) is 8.42 Å². The Bertz CT molecular complexity index is 732. The van der Waals surface area contributed by atoms with E-state index in [0.717, 1.165) is 24.6 Å². The van der Waals surface area contributed by atoms with E-state index in [1.165, 1.54) is 17.1 Å². The van der Waals surface area contributed by atoms with Gasteiger partial charge < -0.3 is 5.32 Å². The maximum Gasteiger partial charge on any atom is 0.416 e. The third-order valence-electron chi connectivity index (χ3n) is 4.72. The lowest BCUT2D eigenvalue weighted by Crippen LogP contribution is -2.45. The molecule has 0 atom stereocenters. The van der Waals surface area contributed by atoms with Crippen molar-refractivity contribution in [1.29, 1.82) is 0 Å². The van der Waals surface area contributed by atoms with Gasteiger partial charge in [0.15, 0.2) is 0 Å². The van der Waals surface area contributed by atoms with E-state index < -0.39 is 26.8 Å². The Morgan fingerprint density at radius 3 is 2.27 bits per heavy atom. The first-order valence-corrected chi connectivity index (χ1v) is 10.1. The summed E-state index contributed by atoms with van der Waals surface area (Å²) in [5.41, 5.74) is -0.959. The minimum atomic E-state index is -4.56. The smallest absolute Gasteiger partial charge is 0.314 e. The summed E-state index contributed by atoms with van der Waals surface area (Å²) >= 11 is 5.84. The van der Waals surface area contributed by atoms with Crippen molar-refractivity contribution < 1.29 is 21.6 Å². The van der Waals surface area contributed by atoms with Crippen LogP contribution in [0.2, 0.25) is 5.02 Å². The monoisotopic (exact) mass is 432 g/mol. The number of nitrogens with zero attached hydrogens (tertiary/aromatic N) is 1. The molecule has 1 N–H and O–H groups in total. The van der Waals surface area contributed by atoms with Gasteiger partial charge in [-0.15, -0.1) is 12.4 Å². The molecular weight excluding hydrogens is 412 g/mol. The molecule has 2 fully saturated rings. The molecule has 0 unspecified atom stereocenters. The number of benzene rings is 1. The Kier molecular flexibility index (Phi) is 6.88. The first kappa shape index (κ1) is 21.8. The highest BCUT2D eigenvalue weighted by Crippen LogP contribution is 2.35. The Labute approximate surface area is 162 Å². The zero-order chi connectivity index (χ0) is 18.2. The molecule has 1 aromatic carbocycles. The van der Waals surface area contributed by atoms with Crippen molar-refractivity contribution in [2.24, 2.45) is 5.92 Å². The molecule has 0 aromatic heterocycles. The average molecular weight is 433 g/mol. The van der Waals surface area contributed by atoms with Crippen molar-refractivity contribution in [2.75, 3.05) is 19.6 Å². The maximum absolute atomic E-state index is 12.7. The van der Waals surface area contributed by atoms with Crippen LogP contribution in [0.15, 0.2) is 23.1 Å². The molecule has 1 aliphatic heterocycles. The molecule has 0 amide bonds. The van der Waals surface area contributed by atoms with Crippen molar-refractivity contribution in [3.8, 4) is 0 Å². The molecule has 1 heterocycles. The van der Waals surface area contributed by atoms with E-state index in [2.05, 4.69) is 5.32 Å². The van der Waals surface area contributed by atoms with Crippen LogP contribution in [0.4, 0.5) is 13.2 Å². The van der Waals surface area contributed by atoms with Crippen molar-refractivity contribution in [3.63, 3.8) is 0 Å². The molecular formula is C16H21Cl2F3N2O2S. The minimum absolute atomic E-state index is 0. The summed E-state index contributed by atoms with van der Waals surface area (Å²) in [6, 6.07) is 2.65. The largest absolute Gasteiger partial charge is 0.416 e. The van der Waals surface area contributed by atoms with E-state index in [-0.39, 0.29) is 23.3 Å². The number of rotatable bonds is 5. The molecule has 3 rings (SSSR count). The Hall–Kier alpha value is -0.540. The first-order chi connectivity index (χ1) is 11.7. The molecule has 148 valence electrons. The topological polar surface area (TPSA) is 49.4 Å². The van der Waals surface area contributed by atoms with Crippen LogP contribution in [0.25, 0.3) is 0 Å². The van der Waals surface area contributed by atoms with Crippen LogP contribution in [0.1, 0.15) is 31.2 Å². The van der Waals surface area contributed by atoms with Crippen LogP contribution in [0, 0.1) is 5.92 Å². The van der Waals surface area contributed by atoms with E-state index >= 15 is 0 Å². The van der Waals surface area contributed by atoms with Crippen LogP contribution in [0.5, 0.6) is 0 Å². The number of nitrogens with one attached hydrogen (secondary N) is 1. The van der Waals surface area contributed by atoms with E-state index in [1.54, 1.807) is 0 Å². The zero-order valence-corrected chi connectivity index (χ0v) is 16.3. The fourth-order valence-electron chi connectivity index (χ4n) is 2.98. The maximum atomic E-state index is 12.7. The highest BCUT2D eigenvalue weighted by molar-refractivity contribution is 7.89. The second kappa shape index (κ2) is 8.22. The summed E-state index contributed by atoms with van der Waals surface area (Å²) in [6.07, 6.45) is -0.675. The minimum Gasteiger partial charge on any atom is -0.314 e. The van der Waals surface area contributed by atoms with Crippen molar-refractivity contribution in [2.45, 2.75) is 42.8 Å². The number of sulfonamides is 1. The molecule has 26 heavy (non-hydrogen) atoms. The summed E-state index contributed by atoms with van der Waals surface area (Å²) in [7, 11) is -3.89. The normalized spacial score (nSPS) is 20.0. The molecule has 0 radical (unpaired) electrons. The van der Waals surface area contributed by atoms with Crippen molar-refractivity contribution >= 4 is 34.0 Å². The van der Waals surface area contributed by atoms with Gasteiger partial charge in [-0.05, 0) is 56.3 Å². The summed E-state index contributed by atoms with van der Waals surface area (Å²) < 4.78 is 64.8. The van der Waals surface area contributed by atoms with Gasteiger partial charge in [-0.1, -0.05) is 11.6 Å². The molecule has 0 spiro atoms. The van der Waals surface area contributed by atoms with Crippen molar-refractivity contribution in [1.82, 2.24) is 9.62 Å². The average Bonchev–Trinajstić information content (AvgIpc) is 3.36. The quantitative estimate of drug-likeness (QED) is 0.766. The lowest BCUT2D eigenvalue weighted by Gasteiger charge is -2.32. The molecule has 2 aliphatic rings. The van der Waals surface area contributed by atoms with E-state index in [4.69, 9.17) is 11.6 Å². The molecule has 0 bridgehead atoms. The molecule has 1 aliphatic carbocycles. The number of halogens is 5. The lowest BCUT2D eigenvalue weighted by molar-refractivity contribution is -0.137. The van der Waals surface area contributed by atoms with Gasteiger partial charge in [0.25, 0.3) is 0 Å². The lowest BCUT2D eigenvalue weighted by atomic mass is 10.1. The number of hydrogen-bond acceptors (Lipinski definition) is 3. The fraction of sp³-hybridized carbons (Fsp3) is 0.625. The summed E-state index contributed by atoms with van der Waals surface area (Å²) in [6.45, 7) is 1.65. The number of alkyl halides is 3. The molecule has 1 aromatic rings. The highest BCUT2D eigenvalue weighted by Gasteiger charge is 2.35. The zero-order valence-electron chi connectivity index (χ0n) is 13.9. The van der Waals surface area contributed by atoms with Gasteiger partial charge in [0.05, 0.1) is 10.6 Å². The van der Waals surface area contributed by atoms with Gasteiger partial charge in [0, 0.05) is 19.1 Å². The van der Waals surface area contributed by atoms with E-state index in [0.29, 0.717) is 32.0 Å². The third-order valence-corrected chi connectivity index (χ3v) is 7.10.